The lowest BCUT2D eigenvalue weighted by molar-refractivity contribution is 0.322. The molecule has 2 rings (SSSR count). The van der Waals surface area contributed by atoms with Gasteiger partial charge in [-0.2, -0.15) is 5.26 Å². The maximum atomic E-state index is 9.18. The van der Waals surface area contributed by atoms with E-state index in [0.717, 1.165) is 5.56 Å². The average Bonchev–Trinajstić information content (AvgIpc) is 2.59. The zero-order valence-corrected chi connectivity index (χ0v) is 13.9. The number of nitriles is 1. The normalized spacial score (nSPS) is 9.87. The molecule has 0 heterocycles. The number of nitrogens with zero attached hydrogens (tertiary/aromatic N) is 1. The van der Waals surface area contributed by atoms with E-state index in [9.17, 15) is 5.26 Å². The van der Waals surface area contributed by atoms with Crippen molar-refractivity contribution in [1.82, 2.24) is 0 Å². The van der Waals surface area contributed by atoms with E-state index in [1.807, 2.05) is 6.07 Å². The SMILES string of the molecule is COc1ccc(CNc2c(Cl)cccc2C#N)c(OC)c1OC. The Balaban J connectivity index is 2.34. The topological polar surface area (TPSA) is 63.5 Å². The van der Waals surface area contributed by atoms with Gasteiger partial charge in [-0.3, -0.25) is 0 Å². The van der Waals surface area contributed by atoms with Crippen LogP contribution in [0.3, 0.4) is 0 Å². The second kappa shape index (κ2) is 7.61. The molecule has 2 aromatic carbocycles. The van der Waals surface area contributed by atoms with Gasteiger partial charge in [0.15, 0.2) is 11.5 Å². The molecule has 0 unspecified atom stereocenters. The standard InChI is InChI=1S/C17H17ClN2O3/c1-21-14-8-7-12(16(22-2)17(14)23-3)10-20-15-11(9-19)5-4-6-13(15)18/h4-8,20H,10H2,1-3H3. The fourth-order valence-corrected chi connectivity index (χ4v) is 2.52. The lowest BCUT2D eigenvalue weighted by Gasteiger charge is -2.17. The van der Waals surface area contributed by atoms with E-state index in [0.29, 0.717) is 40.1 Å². The molecule has 0 radical (unpaired) electrons. The quantitative estimate of drug-likeness (QED) is 0.870. The van der Waals surface area contributed by atoms with Gasteiger partial charge in [0.2, 0.25) is 5.75 Å². The highest BCUT2D eigenvalue weighted by Crippen LogP contribution is 2.40. The molecule has 0 aliphatic rings. The third-order valence-electron chi connectivity index (χ3n) is 3.38. The minimum atomic E-state index is 0.419. The monoisotopic (exact) mass is 332 g/mol. The summed E-state index contributed by atoms with van der Waals surface area (Å²) in [5.41, 5.74) is 1.93. The molecule has 0 bridgehead atoms. The predicted molar refractivity (Wildman–Crippen MR) is 89.6 cm³/mol. The molecule has 23 heavy (non-hydrogen) atoms. The van der Waals surface area contributed by atoms with E-state index in [1.165, 1.54) is 0 Å². The van der Waals surface area contributed by atoms with Crippen molar-refractivity contribution in [3.8, 4) is 23.3 Å². The summed E-state index contributed by atoms with van der Waals surface area (Å²) in [5.74, 6) is 1.68. The van der Waals surface area contributed by atoms with Crippen molar-refractivity contribution in [3.63, 3.8) is 0 Å². The Hall–Kier alpha value is -2.58. The van der Waals surface area contributed by atoms with Crippen LogP contribution in [-0.4, -0.2) is 21.3 Å². The molecule has 0 saturated heterocycles. The van der Waals surface area contributed by atoms with Crippen molar-refractivity contribution < 1.29 is 14.2 Å². The number of halogens is 1. The number of benzene rings is 2. The zero-order valence-electron chi connectivity index (χ0n) is 13.1. The summed E-state index contributed by atoms with van der Waals surface area (Å²) in [6, 6.07) is 11.0. The van der Waals surface area contributed by atoms with Gasteiger partial charge in [-0.15, -0.1) is 0 Å². The highest BCUT2D eigenvalue weighted by molar-refractivity contribution is 6.33. The molecule has 6 heteroatoms. The van der Waals surface area contributed by atoms with Crippen molar-refractivity contribution in [2.45, 2.75) is 6.54 Å². The number of para-hydroxylation sites is 1. The molecule has 120 valence electrons. The average molecular weight is 333 g/mol. The number of nitrogens with one attached hydrogen (secondary N) is 1. The van der Waals surface area contributed by atoms with E-state index < -0.39 is 0 Å². The van der Waals surface area contributed by atoms with Crippen LogP contribution in [0.15, 0.2) is 30.3 Å². The molecule has 1 N–H and O–H groups in total. The van der Waals surface area contributed by atoms with Crippen LogP contribution in [-0.2, 0) is 6.54 Å². The number of hydrogen-bond donors (Lipinski definition) is 1. The van der Waals surface area contributed by atoms with Crippen molar-refractivity contribution in [1.29, 1.82) is 5.26 Å². The van der Waals surface area contributed by atoms with Crippen molar-refractivity contribution in [2.75, 3.05) is 26.6 Å². The Morgan fingerprint density at radius 1 is 1.04 bits per heavy atom. The van der Waals surface area contributed by atoms with Crippen LogP contribution < -0.4 is 19.5 Å². The predicted octanol–water partition coefficient (Wildman–Crippen LogP) is 3.85. The van der Waals surface area contributed by atoms with Gasteiger partial charge in [0.1, 0.15) is 6.07 Å². The minimum absolute atomic E-state index is 0.419. The second-order valence-corrected chi connectivity index (χ2v) is 5.03. The maximum absolute atomic E-state index is 9.18. The summed E-state index contributed by atoms with van der Waals surface area (Å²) in [4.78, 5) is 0. The van der Waals surface area contributed by atoms with E-state index in [-0.39, 0.29) is 0 Å². The van der Waals surface area contributed by atoms with Crippen LogP contribution in [0.25, 0.3) is 0 Å². The van der Waals surface area contributed by atoms with E-state index in [1.54, 1.807) is 45.6 Å². The molecule has 0 fully saturated rings. The summed E-state index contributed by atoms with van der Waals surface area (Å²) in [6.45, 7) is 0.419. The van der Waals surface area contributed by atoms with Crippen LogP contribution in [0.1, 0.15) is 11.1 Å². The number of methoxy groups -OCH3 is 3. The molecule has 0 saturated carbocycles. The van der Waals surface area contributed by atoms with Gasteiger partial charge in [0, 0.05) is 12.1 Å². The molecular weight excluding hydrogens is 316 g/mol. The summed E-state index contributed by atoms with van der Waals surface area (Å²) in [5, 5.41) is 12.9. The number of rotatable bonds is 6. The van der Waals surface area contributed by atoms with Crippen molar-refractivity contribution in [3.05, 3.63) is 46.5 Å². The van der Waals surface area contributed by atoms with Crippen molar-refractivity contribution >= 4 is 17.3 Å². The molecule has 0 amide bonds. The molecule has 0 aliphatic heterocycles. The Kier molecular flexibility index (Phi) is 5.56. The van der Waals surface area contributed by atoms with E-state index >= 15 is 0 Å². The first-order valence-corrected chi connectivity index (χ1v) is 7.24. The smallest absolute Gasteiger partial charge is 0.203 e. The lowest BCUT2D eigenvalue weighted by atomic mass is 10.1. The highest BCUT2D eigenvalue weighted by atomic mass is 35.5. The number of ether oxygens (including phenoxy) is 3. The fourth-order valence-electron chi connectivity index (χ4n) is 2.28. The summed E-state index contributed by atoms with van der Waals surface area (Å²) in [6.07, 6.45) is 0. The molecule has 0 aromatic heterocycles. The third kappa shape index (κ3) is 3.43. The Labute approximate surface area is 140 Å². The summed E-state index contributed by atoms with van der Waals surface area (Å²) in [7, 11) is 4.69. The molecular formula is C17H17ClN2O3. The Morgan fingerprint density at radius 3 is 2.39 bits per heavy atom. The number of hydrogen-bond acceptors (Lipinski definition) is 5. The van der Waals surface area contributed by atoms with Gasteiger partial charge in [-0.25, -0.2) is 0 Å². The third-order valence-corrected chi connectivity index (χ3v) is 3.69. The van der Waals surface area contributed by atoms with E-state index in [4.69, 9.17) is 25.8 Å². The first-order chi connectivity index (χ1) is 11.2. The van der Waals surface area contributed by atoms with Gasteiger partial charge in [0.25, 0.3) is 0 Å². The maximum Gasteiger partial charge on any atom is 0.203 e. The molecule has 0 atom stereocenters. The van der Waals surface area contributed by atoms with Gasteiger partial charge < -0.3 is 19.5 Å². The van der Waals surface area contributed by atoms with Gasteiger partial charge >= 0.3 is 0 Å². The largest absolute Gasteiger partial charge is 0.493 e. The van der Waals surface area contributed by atoms with Crippen molar-refractivity contribution in [2.24, 2.45) is 0 Å². The van der Waals surface area contributed by atoms with Crippen LogP contribution in [0.5, 0.6) is 17.2 Å². The van der Waals surface area contributed by atoms with Crippen LogP contribution in [0, 0.1) is 11.3 Å². The fraction of sp³-hybridized carbons (Fsp3) is 0.235. The second-order valence-electron chi connectivity index (χ2n) is 4.62. The molecule has 0 spiro atoms. The lowest BCUT2D eigenvalue weighted by Crippen LogP contribution is -2.05. The molecule has 0 aliphatic carbocycles. The Morgan fingerprint density at radius 2 is 1.78 bits per heavy atom. The minimum Gasteiger partial charge on any atom is -0.493 e. The Bertz CT molecular complexity index is 741. The van der Waals surface area contributed by atoms with Crippen LogP contribution >= 0.6 is 11.6 Å². The summed E-state index contributed by atoms with van der Waals surface area (Å²) >= 11 is 6.16. The van der Waals surface area contributed by atoms with Gasteiger partial charge in [-0.05, 0) is 24.3 Å². The zero-order chi connectivity index (χ0) is 16.8. The first kappa shape index (κ1) is 16.8. The van der Waals surface area contributed by atoms with Crippen LogP contribution in [0.4, 0.5) is 5.69 Å². The highest BCUT2D eigenvalue weighted by Gasteiger charge is 2.16. The molecule has 2 aromatic rings. The molecule has 5 nitrogen and oxygen atoms in total. The van der Waals surface area contributed by atoms with Gasteiger partial charge in [-0.1, -0.05) is 17.7 Å². The first-order valence-electron chi connectivity index (χ1n) is 6.86. The van der Waals surface area contributed by atoms with E-state index in [2.05, 4.69) is 11.4 Å². The van der Waals surface area contributed by atoms with Gasteiger partial charge in [0.05, 0.1) is 37.6 Å². The number of anilines is 1. The van der Waals surface area contributed by atoms with Crippen LogP contribution in [0.2, 0.25) is 5.02 Å². The summed E-state index contributed by atoms with van der Waals surface area (Å²) < 4.78 is 16.1.